The van der Waals surface area contributed by atoms with Crippen LogP contribution in [0.25, 0.3) is 0 Å². The third-order valence-electron chi connectivity index (χ3n) is 4.56. The number of aliphatic carboxylic acids is 2. The Morgan fingerprint density at radius 1 is 0.862 bits per heavy atom. The van der Waals surface area contributed by atoms with Crippen molar-refractivity contribution < 1.29 is 63.4 Å². The summed E-state index contributed by atoms with van der Waals surface area (Å²) >= 11 is 0. The molecule has 9 heteroatoms. The molecule has 0 aromatic carbocycles. The minimum Gasteiger partial charge on any atom is -1.00 e. The average molecular weight is 449 g/mol. The summed E-state index contributed by atoms with van der Waals surface area (Å²) in [7, 11) is -3.35. The Labute approximate surface area is 200 Å². The van der Waals surface area contributed by atoms with Crippen LogP contribution in [-0.2, 0) is 23.9 Å². The van der Waals surface area contributed by atoms with Crippen molar-refractivity contribution in [2.24, 2.45) is 11.8 Å². The van der Waals surface area contributed by atoms with Crippen molar-refractivity contribution in [3.8, 4) is 0 Å². The van der Waals surface area contributed by atoms with Crippen LogP contribution in [0.5, 0.6) is 0 Å². The molecule has 29 heavy (non-hydrogen) atoms. The molecule has 0 aliphatic carbocycles. The van der Waals surface area contributed by atoms with Crippen LogP contribution < -0.4 is 29.6 Å². The van der Waals surface area contributed by atoms with Gasteiger partial charge in [0.1, 0.15) is 0 Å². The Balaban J connectivity index is -0.000000288. The zero-order valence-electron chi connectivity index (χ0n) is 20.0. The van der Waals surface area contributed by atoms with E-state index in [9.17, 15) is 18.0 Å². The van der Waals surface area contributed by atoms with E-state index in [2.05, 4.69) is 27.7 Å². The van der Waals surface area contributed by atoms with Gasteiger partial charge in [-0.25, -0.2) is 0 Å². The molecule has 7 nitrogen and oxygen atoms in total. The first-order valence-electron chi connectivity index (χ1n) is 10.4. The molecular weight excluding hydrogens is 407 g/mol. The van der Waals surface area contributed by atoms with E-state index in [1.807, 2.05) is 0 Å². The maximum Gasteiger partial charge on any atom is 1.00 e. The summed E-state index contributed by atoms with van der Waals surface area (Å²) in [6.07, 6.45) is 7.88. The van der Waals surface area contributed by atoms with Gasteiger partial charge >= 0.3 is 41.5 Å². The molecule has 0 aromatic rings. The van der Waals surface area contributed by atoms with Crippen LogP contribution in [-0.4, -0.2) is 42.9 Å². The second-order valence-corrected chi connectivity index (χ2v) is 8.81. The predicted octanol–water partition coefficient (Wildman–Crippen LogP) is 1.82. The Morgan fingerprint density at radius 3 is 1.62 bits per heavy atom. The van der Waals surface area contributed by atoms with Crippen LogP contribution in [0.3, 0.4) is 0 Å². The summed E-state index contributed by atoms with van der Waals surface area (Å²) in [5.41, 5.74) is 0. The van der Waals surface area contributed by atoms with Gasteiger partial charge in [0.05, 0.1) is 25.2 Å². The van der Waals surface area contributed by atoms with Crippen molar-refractivity contribution in [3.63, 3.8) is 0 Å². The summed E-state index contributed by atoms with van der Waals surface area (Å²) in [6.45, 7) is 8.82. The molecule has 0 aromatic heterocycles. The van der Waals surface area contributed by atoms with Crippen LogP contribution in [0.15, 0.2) is 0 Å². The van der Waals surface area contributed by atoms with Gasteiger partial charge in [0.2, 0.25) is 0 Å². The minimum atomic E-state index is -3.35. The number of carboxylic acids is 2. The fourth-order valence-corrected chi connectivity index (χ4v) is 4.02. The first kappa shape index (κ1) is 33.5. The second kappa shape index (κ2) is 21.1. The molecule has 0 radical (unpaired) electrons. The van der Waals surface area contributed by atoms with E-state index in [0.29, 0.717) is 12.5 Å². The molecule has 0 bridgehead atoms. The van der Waals surface area contributed by atoms with Crippen molar-refractivity contribution in [2.75, 3.05) is 12.4 Å². The summed E-state index contributed by atoms with van der Waals surface area (Å²) in [6, 6.07) is 0. The van der Waals surface area contributed by atoms with E-state index in [-0.39, 0.29) is 55.5 Å². The minimum absolute atomic E-state index is 0. The third-order valence-corrected chi connectivity index (χ3v) is 5.94. The fourth-order valence-electron chi connectivity index (χ4n) is 2.55. The molecule has 170 valence electrons. The van der Waals surface area contributed by atoms with Crippen molar-refractivity contribution in [2.45, 2.75) is 91.9 Å². The molecule has 2 atom stereocenters. The first-order valence-corrected chi connectivity index (χ1v) is 12.0. The topological polar surface area (TPSA) is 118 Å². The van der Waals surface area contributed by atoms with Crippen LogP contribution in [0.1, 0.15) is 93.3 Å². The predicted molar refractivity (Wildman–Crippen MR) is 112 cm³/mol. The van der Waals surface area contributed by atoms with E-state index in [0.717, 1.165) is 51.4 Å². The first-order chi connectivity index (χ1) is 13.1. The van der Waals surface area contributed by atoms with Gasteiger partial charge in [0, 0.05) is 0 Å². The van der Waals surface area contributed by atoms with Gasteiger partial charge in [-0.15, -0.1) is 0 Å². The van der Waals surface area contributed by atoms with Gasteiger partial charge in [-0.3, -0.25) is 13.8 Å². The molecule has 0 amide bonds. The van der Waals surface area contributed by atoms with E-state index in [1.165, 1.54) is 0 Å². The van der Waals surface area contributed by atoms with Gasteiger partial charge in [-0.1, -0.05) is 66.2 Å². The van der Waals surface area contributed by atoms with Crippen LogP contribution in [0.2, 0.25) is 0 Å². The fraction of sp³-hybridized carbons (Fsp3) is 0.900. The van der Waals surface area contributed by atoms with Gasteiger partial charge in [-0.2, -0.15) is 8.42 Å². The number of unbranched alkanes of at least 4 members (excludes halogenated alkanes) is 2. The molecule has 2 unspecified atom stereocenters. The second-order valence-electron chi connectivity index (χ2n) is 7.13. The maximum absolute atomic E-state index is 12.0. The van der Waals surface area contributed by atoms with E-state index in [4.69, 9.17) is 14.4 Å². The zero-order chi connectivity index (χ0) is 22.0. The molecule has 2 N–H and O–H groups in total. The van der Waals surface area contributed by atoms with Gasteiger partial charge in [0.25, 0.3) is 10.1 Å². The zero-order valence-corrected chi connectivity index (χ0v) is 21.8. The van der Waals surface area contributed by atoms with Crippen molar-refractivity contribution in [3.05, 3.63) is 0 Å². The number of carboxylic acid groups (broad SMARTS) is 2. The Bertz CT molecular complexity index is 501. The molecule has 0 rings (SSSR count). The largest absolute Gasteiger partial charge is 1.00 e. The monoisotopic (exact) mass is 448 g/mol. The molecule has 0 saturated heterocycles. The van der Waals surface area contributed by atoms with E-state index in [1.54, 1.807) is 0 Å². The Kier molecular flexibility index (Phi) is 24.4. The SMILES string of the molecule is CCCCC(CC)COS(=O)(=O)CC(CC)CCCC.O=C(O)CCC(=O)O.[H-].[Na+]. The molecule has 0 fully saturated rings. The standard InChI is InChI=1S/C16H34O3S.C4H6O4.Na.H/c1-5-9-11-15(7-3)13-19-20(17,18)14-16(8-4)12-10-6-2;5-3(6)1-2-4(7)8;;/h15-16H,5-14H2,1-4H3;1-2H2,(H,5,6)(H,7,8);;/q;;+1;-1. The number of carbonyl (C=O) groups is 2. The molecule has 0 aliphatic rings. The molecule has 0 spiro atoms. The van der Waals surface area contributed by atoms with Crippen molar-refractivity contribution in [1.29, 1.82) is 0 Å². The van der Waals surface area contributed by atoms with E-state index >= 15 is 0 Å². The summed E-state index contributed by atoms with van der Waals surface area (Å²) in [5.74, 6) is -1.34. The van der Waals surface area contributed by atoms with Gasteiger partial charge in [0.15, 0.2) is 0 Å². The summed E-state index contributed by atoms with van der Waals surface area (Å²) in [4.78, 5) is 19.3. The van der Waals surface area contributed by atoms with Crippen LogP contribution in [0, 0.1) is 11.8 Å². The quantitative estimate of drug-likeness (QED) is 0.273. The molecule has 0 aliphatic heterocycles. The normalized spacial score (nSPS) is 12.8. The molecule has 0 heterocycles. The molecule has 0 saturated carbocycles. The average Bonchev–Trinajstić information content (AvgIpc) is 2.64. The third kappa shape index (κ3) is 24.0. The Morgan fingerprint density at radius 2 is 1.28 bits per heavy atom. The van der Waals surface area contributed by atoms with Gasteiger partial charge < -0.3 is 11.6 Å². The van der Waals surface area contributed by atoms with Gasteiger partial charge in [-0.05, 0) is 24.7 Å². The summed E-state index contributed by atoms with van der Waals surface area (Å²) < 4.78 is 29.3. The van der Waals surface area contributed by atoms with Crippen LogP contribution >= 0.6 is 0 Å². The number of rotatable bonds is 16. The van der Waals surface area contributed by atoms with E-state index < -0.39 is 22.1 Å². The van der Waals surface area contributed by atoms with Crippen LogP contribution in [0.4, 0.5) is 0 Å². The smallest absolute Gasteiger partial charge is 1.00 e. The molecular formula is C20H41NaO7S. The Hall–Kier alpha value is -0.150. The summed E-state index contributed by atoms with van der Waals surface area (Å²) in [5, 5.41) is 15.8. The number of hydrogen-bond acceptors (Lipinski definition) is 5. The van der Waals surface area contributed by atoms with Crippen molar-refractivity contribution >= 4 is 22.1 Å². The number of hydrogen-bond donors (Lipinski definition) is 2. The maximum atomic E-state index is 12.0. The van der Waals surface area contributed by atoms with Crippen molar-refractivity contribution in [1.82, 2.24) is 0 Å².